The Labute approximate surface area is 206 Å². The van der Waals surface area contributed by atoms with Gasteiger partial charge in [-0.3, -0.25) is 0 Å². The first-order valence-corrected chi connectivity index (χ1v) is 12.0. The number of hydrogen-bond acceptors (Lipinski definition) is 6. The van der Waals surface area contributed by atoms with Crippen LogP contribution in [0.1, 0.15) is 30.0 Å². The van der Waals surface area contributed by atoms with Gasteiger partial charge in [-0.1, -0.05) is 18.2 Å². The molecule has 0 amide bonds. The number of rotatable bonds is 13. The van der Waals surface area contributed by atoms with Crippen molar-refractivity contribution in [3.8, 4) is 17.6 Å². The first-order valence-electron chi connectivity index (χ1n) is 11.6. The van der Waals surface area contributed by atoms with Crippen LogP contribution in [-0.2, 0) is 17.4 Å². The van der Waals surface area contributed by atoms with Crippen LogP contribution >= 0.6 is 9.47 Å². The summed E-state index contributed by atoms with van der Waals surface area (Å²) in [7, 11) is 2.26. The van der Waals surface area contributed by atoms with Crippen LogP contribution in [0.4, 0.5) is 18.9 Å². The average Bonchev–Trinajstić information content (AvgIpc) is 3.23. The molecular weight excluding hydrogens is 478 g/mol. The van der Waals surface area contributed by atoms with E-state index in [9.17, 15) is 18.4 Å². The fourth-order valence-electron chi connectivity index (χ4n) is 4.20. The number of nitrogens with zero attached hydrogens (tertiary/aromatic N) is 2. The molecule has 3 rings (SSSR count). The molecule has 0 bridgehead atoms. The molecule has 1 aliphatic rings. The lowest BCUT2D eigenvalue weighted by Crippen LogP contribution is -2.32. The summed E-state index contributed by atoms with van der Waals surface area (Å²) >= 11 is 0. The largest absolute Gasteiger partial charge is 0.488 e. The lowest BCUT2D eigenvalue weighted by Gasteiger charge is -2.21. The van der Waals surface area contributed by atoms with Crippen molar-refractivity contribution in [3.63, 3.8) is 0 Å². The number of para-hydroxylation sites is 2. The zero-order chi connectivity index (χ0) is 25.3. The zero-order valence-corrected chi connectivity index (χ0v) is 20.9. The second-order valence-corrected chi connectivity index (χ2v) is 8.82. The summed E-state index contributed by atoms with van der Waals surface area (Å²) in [6, 6.07) is 13.0. The van der Waals surface area contributed by atoms with Crippen molar-refractivity contribution in [1.29, 1.82) is 5.26 Å². The molecule has 2 aromatic carbocycles. The lowest BCUT2D eigenvalue weighted by atomic mass is 9.99. The Kier molecular flexibility index (Phi) is 10.0. The maximum atomic E-state index is 12.4. The molecule has 1 N–H and O–H groups in total. The van der Waals surface area contributed by atoms with Crippen molar-refractivity contribution in [2.45, 2.75) is 38.4 Å². The van der Waals surface area contributed by atoms with E-state index >= 15 is 0 Å². The molecule has 0 aromatic heterocycles. The molecule has 10 heteroatoms. The number of nitriles is 1. The first-order chi connectivity index (χ1) is 16.8. The Bertz CT molecular complexity index is 1010. The predicted octanol–water partition coefficient (Wildman–Crippen LogP) is 4.66. The maximum absolute atomic E-state index is 12.4. The number of fused-ring (bicyclic) bond motifs is 1. The Balaban J connectivity index is 1.50. The average molecular weight is 510 g/mol. The highest BCUT2D eigenvalue weighted by atomic mass is 31.0. The van der Waals surface area contributed by atoms with E-state index in [0.29, 0.717) is 18.7 Å². The van der Waals surface area contributed by atoms with Gasteiger partial charge >= 0.3 is 6.18 Å². The van der Waals surface area contributed by atoms with E-state index in [4.69, 9.17) is 14.0 Å². The summed E-state index contributed by atoms with van der Waals surface area (Å²) in [6.45, 7) is 3.90. The van der Waals surface area contributed by atoms with Gasteiger partial charge < -0.3 is 24.2 Å². The van der Waals surface area contributed by atoms with Gasteiger partial charge in [-0.2, -0.15) is 18.4 Å². The Morgan fingerprint density at radius 3 is 2.60 bits per heavy atom. The number of ether oxygens (including phenoxy) is 2. The molecule has 1 aliphatic heterocycles. The van der Waals surface area contributed by atoms with Gasteiger partial charge in [-0.15, -0.1) is 0 Å². The summed E-state index contributed by atoms with van der Waals surface area (Å²) < 4.78 is 52.9. The standard InChI is InChI=1S/C25H31F3N3O3P/c1-18(30-8-12-32-22-5-2-3-6-23(22)33-17-25(26,27)28)13-19-14-20-7-10-31(9-4-11-34-35)24(20)21(15-19)16-29/h2-3,5-6,14-15,18,30H,4,7-13,17,35H2,1H3/t18-/m1/s1. The van der Waals surface area contributed by atoms with Gasteiger partial charge in [-0.05, 0) is 55.5 Å². The minimum atomic E-state index is -4.41. The van der Waals surface area contributed by atoms with E-state index in [1.165, 1.54) is 11.6 Å². The summed E-state index contributed by atoms with van der Waals surface area (Å²) in [5.74, 6) is 0.340. The summed E-state index contributed by atoms with van der Waals surface area (Å²) in [5, 5.41) is 13.1. The zero-order valence-electron chi connectivity index (χ0n) is 19.7. The highest BCUT2D eigenvalue weighted by Gasteiger charge is 2.29. The monoisotopic (exact) mass is 509 g/mol. The van der Waals surface area contributed by atoms with Crippen molar-refractivity contribution in [2.24, 2.45) is 0 Å². The van der Waals surface area contributed by atoms with Crippen LogP contribution in [0.2, 0.25) is 0 Å². The van der Waals surface area contributed by atoms with E-state index in [1.807, 2.05) is 6.07 Å². The van der Waals surface area contributed by atoms with Crippen molar-refractivity contribution in [1.82, 2.24) is 5.32 Å². The molecule has 0 aliphatic carbocycles. The number of alkyl halides is 3. The van der Waals surface area contributed by atoms with E-state index in [-0.39, 0.29) is 24.1 Å². The van der Waals surface area contributed by atoms with Gasteiger partial charge in [0.2, 0.25) is 0 Å². The molecule has 6 nitrogen and oxygen atoms in total. The van der Waals surface area contributed by atoms with Gasteiger partial charge in [0, 0.05) is 35.1 Å². The van der Waals surface area contributed by atoms with Gasteiger partial charge in [0.1, 0.15) is 12.7 Å². The lowest BCUT2D eigenvalue weighted by molar-refractivity contribution is -0.153. The van der Waals surface area contributed by atoms with Gasteiger partial charge in [0.05, 0.1) is 17.9 Å². The molecule has 190 valence electrons. The molecule has 0 saturated heterocycles. The minimum absolute atomic E-state index is 0.0650. The molecule has 0 saturated carbocycles. The second-order valence-electron chi connectivity index (χ2n) is 8.48. The number of hydrogen-bond donors (Lipinski definition) is 1. The van der Waals surface area contributed by atoms with E-state index in [1.54, 1.807) is 18.2 Å². The topological polar surface area (TPSA) is 66.8 Å². The third-order valence-corrected chi connectivity index (χ3v) is 5.90. The van der Waals surface area contributed by atoms with Crippen LogP contribution in [0.3, 0.4) is 0 Å². The number of anilines is 1. The van der Waals surface area contributed by atoms with Crippen molar-refractivity contribution in [2.75, 3.05) is 44.4 Å². The number of halogens is 3. The molecular formula is C25H31F3N3O3P. The maximum Gasteiger partial charge on any atom is 0.422 e. The number of benzene rings is 2. The quantitative estimate of drug-likeness (QED) is 0.313. The molecule has 0 fully saturated rings. The van der Waals surface area contributed by atoms with Gasteiger partial charge in [-0.25, -0.2) is 0 Å². The van der Waals surface area contributed by atoms with Crippen molar-refractivity contribution < 1.29 is 27.2 Å². The summed E-state index contributed by atoms with van der Waals surface area (Å²) in [5.41, 5.74) is 4.05. The first kappa shape index (κ1) is 27.1. The molecule has 2 aromatic rings. The Morgan fingerprint density at radius 2 is 1.91 bits per heavy atom. The molecule has 1 heterocycles. The van der Waals surface area contributed by atoms with Gasteiger partial charge in [0.25, 0.3) is 0 Å². The minimum Gasteiger partial charge on any atom is -0.488 e. The van der Waals surface area contributed by atoms with E-state index in [2.05, 4.69) is 38.7 Å². The fraction of sp³-hybridized carbons (Fsp3) is 0.480. The second kappa shape index (κ2) is 13.0. The van der Waals surface area contributed by atoms with Crippen LogP contribution in [-0.4, -0.2) is 51.7 Å². The third-order valence-electron chi connectivity index (χ3n) is 5.66. The van der Waals surface area contributed by atoms with Crippen LogP contribution in [0.15, 0.2) is 36.4 Å². The molecule has 0 radical (unpaired) electrons. The van der Waals surface area contributed by atoms with E-state index in [0.717, 1.165) is 43.6 Å². The molecule has 1 unspecified atom stereocenters. The SMILES string of the molecule is C[C@H](Cc1cc(C#N)c2c(c1)CCN2CCCOP)NCCOc1ccccc1OCC(F)(F)F. The Hall–Kier alpha value is -2.53. The molecule has 35 heavy (non-hydrogen) atoms. The highest BCUT2D eigenvalue weighted by molar-refractivity contribution is 7.09. The molecule has 2 atom stereocenters. The predicted molar refractivity (Wildman–Crippen MR) is 132 cm³/mol. The smallest absolute Gasteiger partial charge is 0.422 e. The van der Waals surface area contributed by atoms with Crippen LogP contribution < -0.4 is 19.7 Å². The van der Waals surface area contributed by atoms with Crippen LogP contribution in [0.25, 0.3) is 0 Å². The Morgan fingerprint density at radius 1 is 1.17 bits per heavy atom. The summed E-state index contributed by atoms with van der Waals surface area (Å²) in [4.78, 5) is 2.26. The number of nitrogens with one attached hydrogen (secondary N) is 1. The summed E-state index contributed by atoms with van der Waals surface area (Å²) in [6.07, 6.45) is -1.84. The van der Waals surface area contributed by atoms with Gasteiger partial charge in [0.15, 0.2) is 18.1 Å². The van der Waals surface area contributed by atoms with Crippen molar-refractivity contribution in [3.05, 3.63) is 53.1 Å². The molecule has 0 spiro atoms. The normalized spacial score (nSPS) is 13.9. The third kappa shape index (κ3) is 8.28. The van der Waals surface area contributed by atoms with Crippen LogP contribution in [0.5, 0.6) is 11.5 Å². The van der Waals surface area contributed by atoms with Crippen LogP contribution in [0, 0.1) is 11.3 Å². The highest BCUT2D eigenvalue weighted by Crippen LogP contribution is 2.33. The fourth-order valence-corrected chi connectivity index (χ4v) is 4.36. The van der Waals surface area contributed by atoms with E-state index < -0.39 is 12.8 Å². The van der Waals surface area contributed by atoms with Crippen molar-refractivity contribution >= 4 is 15.2 Å².